The average Bonchev–Trinajstić information content (AvgIpc) is 2.73. The molecule has 168 valence electrons. The van der Waals surface area contributed by atoms with Crippen LogP contribution in [0.1, 0.15) is 84.6 Å². The van der Waals surface area contributed by atoms with E-state index in [2.05, 4.69) is 27.7 Å². The topological polar surface area (TPSA) is 43.4 Å². The summed E-state index contributed by atoms with van der Waals surface area (Å²) in [5.41, 5.74) is 0.879. The summed E-state index contributed by atoms with van der Waals surface area (Å²) in [6.45, 7) is 5.91. The Balaban J connectivity index is 3.34. The minimum absolute atomic E-state index is 0.879. The van der Waals surface area contributed by atoms with Crippen LogP contribution in [0, 0.1) is 0 Å². The number of hydrogen-bond acceptors (Lipinski definition) is 3. The Morgan fingerprint density at radius 1 is 0.759 bits per heavy atom. The van der Waals surface area contributed by atoms with Crippen LogP contribution in [0.5, 0.6) is 0 Å². The molecule has 0 aliphatic heterocycles. The SMILES string of the molecule is CCCCP(CCCC)(CCCC)(CCCC)OS(=O)(=O)C=Cc1ccccc1. The van der Waals surface area contributed by atoms with E-state index in [9.17, 15) is 8.42 Å². The Hall–Kier alpha value is -0.700. The van der Waals surface area contributed by atoms with Gasteiger partial charge in [0.15, 0.2) is 0 Å². The van der Waals surface area contributed by atoms with Crippen molar-refractivity contribution >= 4 is 23.0 Å². The van der Waals surface area contributed by atoms with Gasteiger partial charge in [0.2, 0.25) is 0 Å². The average molecular weight is 443 g/mol. The van der Waals surface area contributed by atoms with E-state index >= 15 is 0 Å². The first-order valence-corrected chi connectivity index (χ1v) is 15.9. The van der Waals surface area contributed by atoms with Crippen molar-refractivity contribution in [3.8, 4) is 0 Å². The summed E-state index contributed by atoms with van der Waals surface area (Å²) in [5, 5.41) is 1.29. The van der Waals surface area contributed by atoms with Crippen LogP contribution < -0.4 is 0 Å². The van der Waals surface area contributed by atoms with Crippen LogP contribution in [0.2, 0.25) is 0 Å². The van der Waals surface area contributed by atoms with Crippen LogP contribution in [0.3, 0.4) is 0 Å². The molecule has 0 saturated carbocycles. The molecule has 1 aromatic rings. The number of unbranched alkanes of at least 4 members (excludes halogenated alkanes) is 4. The van der Waals surface area contributed by atoms with Gasteiger partial charge in [-0.3, -0.25) is 0 Å². The van der Waals surface area contributed by atoms with Gasteiger partial charge in [0.25, 0.3) is 0 Å². The quantitative estimate of drug-likeness (QED) is 0.247. The molecule has 0 aliphatic rings. The summed E-state index contributed by atoms with van der Waals surface area (Å²) in [4.78, 5) is 0. The fraction of sp³-hybridized carbons (Fsp3) is 0.667. The van der Waals surface area contributed by atoms with Crippen LogP contribution in [0.4, 0.5) is 0 Å². The van der Waals surface area contributed by atoms with Gasteiger partial charge in [0.1, 0.15) is 0 Å². The molecule has 0 fully saturated rings. The van der Waals surface area contributed by atoms with Crippen molar-refractivity contribution in [2.75, 3.05) is 24.6 Å². The molecular formula is C24H43O3PS. The van der Waals surface area contributed by atoms with E-state index in [4.69, 9.17) is 3.97 Å². The molecule has 1 aromatic carbocycles. The number of benzene rings is 1. The van der Waals surface area contributed by atoms with E-state index in [0.717, 1.165) is 81.6 Å². The molecule has 0 heterocycles. The van der Waals surface area contributed by atoms with Gasteiger partial charge in [-0.25, -0.2) is 0 Å². The maximum absolute atomic E-state index is 13.2. The zero-order valence-electron chi connectivity index (χ0n) is 19.1. The van der Waals surface area contributed by atoms with Gasteiger partial charge in [-0.2, -0.15) is 0 Å². The summed E-state index contributed by atoms with van der Waals surface area (Å²) in [7, 11) is -3.74. The Kier molecular flexibility index (Phi) is 11.7. The Bertz CT molecular complexity index is 655. The first kappa shape index (κ1) is 26.3. The molecule has 0 aromatic heterocycles. The van der Waals surface area contributed by atoms with Crippen molar-refractivity contribution in [3.63, 3.8) is 0 Å². The Labute approximate surface area is 180 Å². The van der Waals surface area contributed by atoms with Gasteiger partial charge >= 0.3 is 180 Å². The molecule has 5 heteroatoms. The molecule has 0 aliphatic carbocycles. The third-order valence-corrected chi connectivity index (χ3v) is 14.6. The van der Waals surface area contributed by atoms with Gasteiger partial charge in [-0.1, -0.05) is 0 Å². The second-order valence-electron chi connectivity index (χ2n) is 8.45. The van der Waals surface area contributed by atoms with Crippen molar-refractivity contribution in [2.24, 2.45) is 0 Å². The minimum atomic E-state index is -3.74. The molecule has 0 atom stereocenters. The fourth-order valence-corrected chi connectivity index (χ4v) is 14.0. The van der Waals surface area contributed by atoms with Gasteiger partial charge in [0, 0.05) is 0 Å². The molecule has 29 heavy (non-hydrogen) atoms. The monoisotopic (exact) mass is 442 g/mol. The summed E-state index contributed by atoms with van der Waals surface area (Å²) in [6, 6.07) is 9.58. The van der Waals surface area contributed by atoms with Gasteiger partial charge in [-0.15, -0.1) is 0 Å². The predicted molar refractivity (Wildman–Crippen MR) is 132 cm³/mol. The first-order chi connectivity index (χ1) is 13.8. The van der Waals surface area contributed by atoms with E-state index in [-0.39, 0.29) is 0 Å². The van der Waals surface area contributed by atoms with Crippen molar-refractivity contribution < 1.29 is 12.4 Å². The van der Waals surface area contributed by atoms with Gasteiger partial charge < -0.3 is 0 Å². The van der Waals surface area contributed by atoms with E-state index < -0.39 is 16.9 Å². The van der Waals surface area contributed by atoms with Crippen molar-refractivity contribution in [2.45, 2.75) is 79.1 Å². The van der Waals surface area contributed by atoms with Crippen LogP contribution in [0.25, 0.3) is 6.08 Å². The molecular weight excluding hydrogens is 399 g/mol. The fourth-order valence-electron chi connectivity index (χ4n) is 4.10. The summed E-state index contributed by atoms with van der Waals surface area (Å²) in [6.07, 6.45) is 13.9. The molecule has 0 radical (unpaired) electrons. The van der Waals surface area contributed by atoms with E-state index in [1.54, 1.807) is 6.08 Å². The molecule has 0 bridgehead atoms. The molecule has 0 spiro atoms. The molecule has 0 saturated heterocycles. The third-order valence-electron chi connectivity index (χ3n) is 5.85. The number of rotatable bonds is 16. The molecule has 0 amide bonds. The molecule has 0 N–H and O–H groups in total. The van der Waals surface area contributed by atoms with Gasteiger partial charge in [0.05, 0.1) is 0 Å². The van der Waals surface area contributed by atoms with Crippen LogP contribution >= 0.6 is 6.83 Å². The Morgan fingerprint density at radius 3 is 1.55 bits per heavy atom. The van der Waals surface area contributed by atoms with Crippen molar-refractivity contribution in [1.82, 2.24) is 0 Å². The second-order valence-corrected chi connectivity index (χ2v) is 15.8. The molecule has 3 nitrogen and oxygen atoms in total. The van der Waals surface area contributed by atoms with E-state index in [1.165, 1.54) is 5.41 Å². The van der Waals surface area contributed by atoms with Crippen molar-refractivity contribution in [3.05, 3.63) is 41.3 Å². The molecule has 0 unspecified atom stereocenters. The zero-order valence-corrected chi connectivity index (χ0v) is 20.8. The van der Waals surface area contributed by atoms with Crippen LogP contribution in [-0.4, -0.2) is 33.1 Å². The van der Waals surface area contributed by atoms with Crippen molar-refractivity contribution in [1.29, 1.82) is 0 Å². The summed E-state index contributed by atoms with van der Waals surface area (Å²) >= 11 is 0. The summed E-state index contributed by atoms with van der Waals surface area (Å²) in [5.74, 6) is 0. The Morgan fingerprint density at radius 2 is 1.17 bits per heavy atom. The van der Waals surface area contributed by atoms with E-state index in [0.29, 0.717) is 0 Å². The summed E-state index contributed by atoms with van der Waals surface area (Å²) < 4.78 is 32.9. The van der Waals surface area contributed by atoms with Gasteiger partial charge in [-0.05, 0) is 0 Å². The standard InChI is InChI=1S/C24H43O3PS/c1-5-9-19-28(20-10-6-2,21-11-7-3,22-12-8-4)27-29(25,26)23-18-24-16-14-13-15-17-24/h13-18,23H,5-12,19-22H2,1-4H3. The zero-order chi connectivity index (χ0) is 21.7. The van der Waals surface area contributed by atoms with E-state index in [1.807, 2.05) is 30.3 Å². The van der Waals surface area contributed by atoms with Crippen LogP contribution in [-0.2, 0) is 14.1 Å². The molecule has 1 rings (SSSR count). The predicted octanol–water partition coefficient (Wildman–Crippen LogP) is 7.67. The number of hydrogen-bond donors (Lipinski definition) is 0. The normalized spacial score (nSPS) is 14.1. The third kappa shape index (κ3) is 8.90. The first-order valence-electron chi connectivity index (χ1n) is 11.5. The second kappa shape index (κ2) is 12.9. The maximum atomic E-state index is 13.2. The van der Waals surface area contributed by atoms with Crippen LogP contribution in [0.15, 0.2) is 35.7 Å².